The maximum absolute atomic E-state index is 12.5. The zero-order valence-electron chi connectivity index (χ0n) is 14.8. The van der Waals surface area contributed by atoms with Crippen LogP contribution >= 0.6 is 0 Å². The number of hydrogen-bond acceptors (Lipinski definition) is 4. The number of fused-ring (bicyclic) bond motifs is 2. The first-order valence-corrected chi connectivity index (χ1v) is 10.1. The molecule has 0 bridgehead atoms. The topological polar surface area (TPSA) is 88.2 Å². The highest BCUT2D eigenvalue weighted by molar-refractivity contribution is 7.89. The normalized spacial score (nSPS) is 11.6. The monoisotopic (exact) mass is 391 g/mol. The van der Waals surface area contributed by atoms with Crippen LogP contribution < -0.4 is 10.0 Å². The number of anilines is 1. The first-order chi connectivity index (χ1) is 13.5. The van der Waals surface area contributed by atoms with E-state index >= 15 is 0 Å². The molecule has 4 aromatic rings. The van der Waals surface area contributed by atoms with Gasteiger partial charge in [-0.3, -0.25) is 9.78 Å². The molecule has 1 aromatic heterocycles. The van der Waals surface area contributed by atoms with Gasteiger partial charge in [0.25, 0.3) is 0 Å². The van der Waals surface area contributed by atoms with Crippen LogP contribution in [0.1, 0.15) is 0 Å². The second kappa shape index (κ2) is 7.38. The smallest absolute Gasteiger partial charge is 0.241 e. The van der Waals surface area contributed by atoms with Gasteiger partial charge in [-0.2, -0.15) is 0 Å². The van der Waals surface area contributed by atoms with Crippen LogP contribution in [0.5, 0.6) is 0 Å². The predicted octanol–water partition coefficient (Wildman–Crippen LogP) is 3.31. The summed E-state index contributed by atoms with van der Waals surface area (Å²) in [5.74, 6) is -0.470. The van der Waals surface area contributed by atoms with Crippen LogP contribution in [-0.4, -0.2) is 25.9 Å². The minimum Gasteiger partial charge on any atom is -0.323 e. The third kappa shape index (κ3) is 3.71. The van der Waals surface area contributed by atoms with E-state index in [1.54, 1.807) is 30.5 Å². The van der Waals surface area contributed by atoms with Crippen LogP contribution in [0.4, 0.5) is 5.69 Å². The Morgan fingerprint density at radius 2 is 1.61 bits per heavy atom. The molecule has 1 amide bonds. The summed E-state index contributed by atoms with van der Waals surface area (Å²) in [6.45, 7) is -0.377. The molecule has 4 rings (SSSR count). The Labute approximate surface area is 162 Å². The molecule has 0 aliphatic carbocycles. The van der Waals surface area contributed by atoms with E-state index in [1.165, 1.54) is 6.07 Å². The highest BCUT2D eigenvalue weighted by Gasteiger charge is 2.16. The maximum atomic E-state index is 12.5. The molecule has 0 aliphatic rings. The van der Waals surface area contributed by atoms with Crippen LogP contribution in [0.15, 0.2) is 83.9 Å². The zero-order chi connectivity index (χ0) is 19.6. The van der Waals surface area contributed by atoms with Crippen molar-refractivity contribution < 1.29 is 13.2 Å². The number of pyridine rings is 1. The summed E-state index contributed by atoms with van der Waals surface area (Å²) in [6, 6.07) is 21.5. The van der Waals surface area contributed by atoms with Crippen LogP contribution in [-0.2, 0) is 14.8 Å². The quantitative estimate of drug-likeness (QED) is 0.546. The molecular weight excluding hydrogens is 374 g/mol. The SMILES string of the molecule is O=C(CNS(=O)(=O)c1ccc2ccccc2c1)Nc1cccc2cccnc12. The van der Waals surface area contributed by atoms with E-state index in [-0.39, 0.29) is 11.4 Å². The van der Waals surface area contributed by atoms with Crippen LogP contribution in [0, 0.1) is 0 Å². The number of nitrogens with one attached hydrogen (secondary N) is 2. The molecule has 0 saturated heterocycles. The van der Waals surface area contributed by atoms with Gasteiger partial charge in [-0.15, -0.1) is 0 Å². The Hall–Kier alpha value is -3.29. The fourth-order valence-corrected chi connectivity index (χ4v) is 4.00. The highest BCUT2D eigenvalue weighted by atomic mass is 32.2. The summed E-state index contributed by atoms with van der Waals surface area (Å²) in [6.07, 6.45) is 1.64. The fraction of sp³-hybridized carbons (Fsp3) is 0.0476. The lowest BCUT2D eigenvalue weighted by molar-refractivity contribution is -0.115. The molecule has 0 fully saturated rings. The van der Waals surface area contributed by atoms with Gasteiger partial charge < -0.3 is 5.32 Å². The molecule has 3 aromatic carbocycles. The van der Waals surface area contributed by atoms with Crippen LogP contribution in [0.2, 0.25) is 0 Å². The largest absolute Gasteiger partial charge is 0.323 e. The van der Waals surface area contributed by atoms with Gasteiger partial charge in [0, 0.05) is 11.6 Å². The summed E-state index contributed by atoms with van der Waals surface area (Å²) in [7, 11) is -3.81. The Bertz CT molecular complexity index is 1280. The van der Waals surface area contributed by atoms with Crippen molar-refractivity contribution in [1.29, 1.82) is 0 Å². The molecule has 1 heterocycles. The van der Waals surface area contributed by atoms with E-state index in [1.807, 2.05) is 42.5 Å². The number of para-hydroxylation sites is 1. The molecule has 2 N–H and O–H groups in total. The molecule has 0 saturated carbocycles. The fourth-order valence-electron chi connectivity index (χ4n) is 2.98. The average Bonchev–Trinajstić information content (AvgIpc) is 2.72. The Morgan fingerprint density at radius 1 is 0.857 bits per heavy atom. The van der Waals surface area contributed by atoms with Gasteiger partial charge in [-0.25, -0.2) is 13.1 Å². The molecule has 0 unspecified atom stereocenters. The van der Waals surface area contributed by atoms with E-state index < -0.39 is 15.9 Å². The number of rotatable bonds is 5. The number of aromatic nitrogens is 1. The van der Waals surface area contributed by atoms with Gasteiger partial charge in [0.15, 0.2) is 0 Å². The number of carbonyl (C=O) groups excluding carboxylic acids is 1. The lowest BCUT2D eigenvalue weighted by atomic mass is 10.1. The highest BCUT2D eigenvalue weighted by Crippen LogP contribution is 2.21. The van der Waals surface area contributed by atoms with Crippen molar-refractivity contribution in [3.63, 3.8) is 0 Å². The Morgan fingerprint density at radius 3 is 2.46 bits per heavy atom. The van der Waals surface area contributed by atoms with E-state index in [4.69, 9.17) is 0 Å². The van der Waals surface area contributed by atoms with Crippen LogP contribution in [0.25, 0.3) is 21.7 Å². The van der Waals surface area contributed by atoms with Gasteiger partial charge in [0.2, 0.25) is 15.9 Å². The van der Waals surface area contributed by atoms with Crippen molar-refractivity contribution in [2.45, 2.75) is 4.90 Å². The van der Waals surface area contributed by atoms with Gasteiger partial charge >= 0.3 is 0 Å². The number of carbonyl (C=O) groups is 1. The van der Waals surface area contributed by atoms with Crippen LogP contribution in [0.3, 0.4) is 0 Å². The molecule has 28 heavy (non-hydrogen) atoms. The summed E-state index contributed by atoms with van der Waals surface area (Å²) in [5.41, 5.74) is 1.18. The van der Waals surface area contributed by atoms with E-state index in [2.05, 4.69) is 15.0 Å². The standard InChI is InChI=1S/C21H17N3O3S/c25-20(24-19-9-3-7-16-8-4-12-22-21(16)19)14-23-28(26,27)18-11-10-15-5-1-2-6-17(15)13-18/h1-13,23H,14H2,(H,24,25). The first kappa shape index (κ1) is 18.1. The lowest BCUT2D eigenvalue weighted by Gasteiger charge is -2.10. The van der Waals surface area contributed by atoms with E-state index in [0.29, 0.717) is 11.2 Å². The molecule has 0 radical (unpaired) electrons. The van der Waals surface area contributed by atoms with E-state index in [0.717, 1.165) is 16.2 Å². The summed E-state index contributed by atoms with van der Waals surface area (Å²) < 4.78 is 27.4. The molecule has 140 valence electrons. The molecular formula is C21H17N3O3S. The van der Waals surface area contributed by atoms with Gasteiger partial charge in [0.05, 0.1) is 22.6 Å². The van der Waals surface area contributed by atoms with Crippen molar-refractivity contribution in [3.05, 3.63) is 79.0 Å². The van der Waals surface area contributed by atoms with Crippen molar-refractivity contribution in [1.82, 2.24) is 9.71 Å². The molecule has 7 heteroatoms. The lowest BCUT2D eigenvalue weighted by Crippen LogP contribution is -2.33. The second-order valence-electron chi connectivity index (χ2n) is 6.26. The van der Waals surface area contributed by atoms with Crippen molar-refractivity contribution in [3.8, 4) is 0 Å². The second-order valence-corrected chi connectivity index (χ2v) is 8.03. The summed E-state index contributed by atoms with van der Waals surface area (Å²) >= 11 is 0. The van der Waals surface area contributed by atoms with Gasteiger partial charge in [0.1, 0.15) is 0 Å². The Kier molecular flexibility index (Phi) is 4.77. The first-order valence-electron chi connectivity index (χ1n) is 8.65. The third-order valence-corrected chi connectivity index (χ3v) is 5.76. The zero-order valence-corrected chi connectivity index (χ0v) is 15.6. The van der Waals surface area contributed by atoms with Crippen molar-refractivity contribution >= 4 is 43.3 Å². The van der Waals surface area contributed by atoms with Crippen molar-refractivity contribution in [2.24, 2.45) is 0 Å². The summed E-state index contributed by atoms with van der Waals surface area (Å²) in [4.78, 5) is 16.7. The number of hydrogen-bond donors (Lipinski definition) is 2. The number of sulfonamides is 1. The number of benzene rings is 3. The average molecular weight is 391 g/mol. The van der Waals surface area contributed by atoms with Gasteiger partial charge in [-0.05, 0) is 35.0 Å². The maximum Gasteiger partial charge on any atom is 0.241 e. The minimum atomic E-state index is -3.81. The summed E-state index contributed by atoms with van der Waals surface area (Å²) in [5, 5.41) is 5.36. The molecule has 0 aliphatic heterocycles. The molecule has 6 nitrogen and oxygen atoms in total. The molecule has 0 spiro atoms. The molecule has 0 atom stereocenters. The van der Waals surface area contributed by atoms with Crippen molar-refractivity contribution in [2.75, 3.05) is 11.9 Å². The predicted molar refractivity (Wildman–Crippen MR) is 110 cm³/mol. The third-order valence-electron chi connectivity index (χ3n) is 4.36. The number of nitrogens with zero attached hydrogens (tertiary/aromatic N) is 1. The van der Waals surface area contributed by atoms with E-state index in [9.17, 15) is 13.2 Å². The Balaban J connectivity index is 1.48. The number of amides is 1. The van der Waals surface area contributed by atoms with Gasteiger partial charge in [-0.1, -0.05) is 48.5 Å². The minimum absolute atomic E-state index is 0.117.